The molecule has 0 amide bonds. The topological polar surface area (TPSA) is 27.7 Å². The van der Waals surface area contributed by atoms with Crippen LogP contribution in [0.3, 0.4) is 0 Å². The summed E-state index contributed by atoms with van der Waals surface area (Å²) in [4.78, 5) is 0. The Balaban J connectivity index is 1.56. The molecule has 0 unspecified atom stereocenters. The van der Waals surface area contributed by atoms with Crippen LogP contribution in [0.1, 0.15) is 56.0 Å². The number of hydrogen-bond acceptors (Lipinski definition) is 3. The van der Waals surface area contributed by atoms with Gasteiger partial charge in [-0.25, -0.2) is 0 Å². The molecular weight excluding hydrogens is 400 g/mol. The Labute approximate surface area is 187 Å². The SMILES string of the molecule is CC(C)(C)[Si](C)(C)Oc1ccc(C2O[C@H](c3ccccc3)[C@@H](c3ccccc3)O2)cc1. The van der Waals surface area contributed by atoms with Gasteiger partial charge in [-0.15, -0.1) is 0 Å². The molecule has 0 bridgehead atoms. The molecule has 4 rings (SSSR count). The molecular formula is C27H32O3Si. The van der Waals surface area contributed by atoms with E-state index >= 15 is 0 Å². The monoisotopic (exact) mass is 432 g/mol. The lowest BCUT2D eigenvalue weighted by atomic mass is 9.99. The first kappa shape index (κ1) is 21.8. The van der Waals surface area contributed by atoms with Crippen LogP contribution in [0.15, 0.2) is 84.9 Å². The molecule has 31 heavy (non-hydrogen) atoms. The highest BCUT2D eigenvalue weighted by Gasteiger charge is 2.40. The molecule has 3 nitrogen and oxygen atoms in total. The fourth-order valence-corrected chi connectivity index (χ4v) is 4.56. The van der Waals surface area contributed by atoms with Crippen LogP contribution in [0, 0.1) is 0 Å². The van der Waals surface area contributed by atoms with Gasteiger partial charge < -0.3 is 13.9 Å². The van der Waals surface area contributed by atoms with E-state index in [4.69, 9.17) is 13.9 Å². The summed E-state index contributed by atoms with van der Waals surface area (Å²) < 4.78 is 19.3. The highest BCUT2D eigenvalue weighted by atomic mass is 28.4. The molecule has 4 heteroatoms. The zero-order chi connectivity index (χ0) is 22.1. The van der Waals surface area contributed by atoms with Gasteiger partial charge in [-0.05, 0) is 41.4 Å². The summed E-state index contributed by atoms with van der Waals surface area (Å²) in [5.41, 5.74) is 3.25. The lowest BCUT2D eigenvalue weighted by Gasteiger charge is -2.36. The minimum absolute atomic E-state index is 0.156. The fourth-order valence-electron chi connectivity index (χ4n) is 3.53. The second-order valence-electron chi connectivity index (χ2n) is 9.70. The van der Waals surface area contributed by atoms with Crippen molar-refractivity contribution in [1.82, 2.24) is 0 Å². The van der Waals surface area contributed by atoms with E-state index in [1.165, 1.54) is 0 Å². The third kappa shape index (κ3) is 4.77. The summed E-state index contributed by atoms with van der Waals surface area (Å²) in [5.74, 6) is 0.910. The summed E-state index contributed by atoms with van der Waals surface area (Å²) in [5, 5.41) is 0.162. The molecule has 3 aromatic carbocycles. The van der Waals surface area contributed by atoms with Gasteiger partial charge in [0, 0.05) is 5.56 Å². The molecule has 0 aromatic heterocycles. The summed E-state index contributed by atoms with van der Waals surface area (Å²) in [6, 6.07) is 28.8. The van der Waals surface area contributed by atoms with E-state index < -0.39 is 14.6 Å². The fraction of sp³-hybridized carbons (Fsp3) is 0.333. The van der Waals surface area contributed by atoms with Crippen LogP contribution in [-0.4, -0.2) is 8.32 Å². The molecule has 0 saturated carbocycles. The lowest BCUT2D eigenvalue weighted by molar-refractivity contribution is -0.0698. The van der Waals surface area contributed by atoms with Crippen LogP contribution < -0.4 is 4.43 Å². The van der Waals surface area contributed by atoms with E-state index in [2.05, 4.69) is 70.3 Å². The number of ether oxygens (including phenoxy) is 2. The maximum absolute atomic E-state index is 6.44. The molecule has 0 aliphatic carbocycles. The average Bonchev–Trinajstić information content (AvgIpc) is 3.20. The molecule has 0 N–H and O–H groups in total. The molecule has 2 atom stereocenters. The first-order valence-electron chi connectivity index (χ1n) is 10.9. The predicted molar refractivity (Wildman–Crippen MR) is 128 cm³/mol. The number of hydrogen-bond donors (Lipinski definition) is 0. The Morgan fingerprint density at radius 1 is 0.645 bits per heavy atom. The van der Waals surface area contributed by atoms with Gasteiger partial charge in [-0.3, -0.25) is 0 Å². The zero-order valence-corrected chi connectivity index (χ0v) is 20.0. The van der Waals surface area contributed by atoms with Crippen molar-refractivity contribution < 1.29 is 13.9 Å². The Morgan fingerprint density at radius 2 is 1.10 bits per heavy atom. The Kier molecular flexibility index (Phi) is 6.06. The minimum atomic E-state index is -1.87. The largest absolute Gasteiger partial charge is 0.544 e. The van der Waals surface area contributed by atoms with Crippen LogP contribution in [0.5, 0.6) is 5.75 Å². The third-order valence-electron chi connectivity index (χ3n) is 6.40. The first-order valence-corrected chi connectivity index (χ1v) is 13.9. The highest BCUT2D eigenvalue weighted by molar-refractivity contribution is 6.74. The standard InChI is InChI=1S/C27H32O3Si/c1-27(2,3)31(4,5)30-23-18-16-22(17-19-23)26-28-24(20-12-8-6-9-13-20)25(29-26)21-14-10-7-11-15-21/h6-19,24-26H,1-5H3/t24-,25-/m1/s1. The van der Waals surface area contributed by atoms with Crippen molar-refractivity contribution in [3.63, 3.8) is 0 Å². The van der Waals surface area contributed by atoms with Crippen molar-refractivity contribution in [3.8, 4) is 5.75 Å². The summed E-state index contributed by atoms with van der Waals surface area (Å²) in [6.45, 7) is 11.3. The van der Waals surface area contributed by atoms with Crippen LogP contribution in [0.25, 0.3) is 0 Å². The predicted octanol–water partition coefficient (Wildman–Crippen LogP) is 7.60. The molecule has 162 valence electrons. The van der Waals surface area contributed by atoms with E-state index in [1.54, 1.807) is 0 Å². The van der Waals surface area contributed by atoms with Crippen molar-refractivity contribution >= 4 is 8.32 Å². The van der Waals surface area contributed by atoms with Crippen LogP contribution >= 0.6 is 0 Å². The maximum Gasteiger partial charge on any atom is 0.250 e. The maximum atomic E-state index is 6.44. The van der Waals surface area contributed by atoms with Gasteiger partial charge in [0.15, 0.2) is 6.29 Å². The Morgan fingerprint density at radius 3 is 1.52 bits per heavy atom. The van der Waals surface area contributed by atoms with Gasteiger partial charge in [-0.2, -0.15) is 0 Å². The van der Waals surface area contributed by atoms with Crippen molar-refractivity contribution in [2.75, 3.05) is 0 Å². The van der Waals surface area contributed by atoms with E-state index in [-0.39, 0.29) is 17.2 Å². The van der Waals surface area contributed by atoms with Gasteiger partial charge in [0.25, 0.3) is 0 Å². The lowest BCUT2D eigenvalue weighted by Crippen LogP contribution is -2.43. The summed E-state index contributed by atoms with van der Waals surface area (Å²) in [7, 11) is -1.87. The summed E-state index contributed by atoms with van der Waals surface area (Å²) in [6.07, 6.45) is -0.731. The van der Waals surface area contributed by atoms with E-state index in [0.717, 1.165) is 22.4 Å². The molecule has 1 aliphatic rings. The van der Waals surface area contributed by atoms with E-state index in [1.807, 2.05) is 48.5 Å². The number of benzene rings is 3. The molecule has 0 radical (unpaired) electrons. The van der Waals surface area contributed by atoms with Crippen molar-refractivity contribution in [2.24, 2.45) is 0 Å². The molecule has 0 spiro atoms. The van der Waals surface area contributed by atoms with Crippen LogP contribution in [0.4, 0.5) is 0 Å². The van der Waals surface area contributed by atoms with Crippen molar-refractivity contribution in [3.05, 3.63) is 102 Å². The molecule has 1 saturated heterocycles. The van der Waals surface area contributed by atoms with E-state index in [9.17, 15) is 0 Å². The van der Waals surface area contributed by atoms with Gasteiger partial charge in [0.05, 0.1) is 0 Å². The Hall–Kier alpha value is -2.40. The quantitative estimate of drug-likeness (QED) is 0.389. The normalized spacial score (nSPS) is 20.0. The molecule has 3 aromatic rings. The van der Waals surface area contributed by atoms with Gasteiger partial charge in [0.2, 0.25) is 8.32 Å². The highest BCUT2D eigenvalue weighted by Crippen LogP contribution is 2.48. The molecule has 1 fully saturated rings. The van der Waals surface area contributed by atoms with Gasteiger partial charge in [0.1, 0.15) is 18.0 Å². The molecule has 1 aliphatic heterocycles. The zero-order valence-electron chi connectivity index (χ0n) is 19.0. The average molecular weight is 433 g/mol. The van der Waals surface area contributed by atoms with Crippen molar-refractivity contribution in [2.45, 2.75) is 57.4 Å². The number of rotatable bonds is 5. The van der Waals surface area contributed by atoms with Crippen LogP contribution in [-0.2, 0) is 9.47 Å². The third-order valence-corrected chi connectivity index (χ3v) is 10.8. The van der Waals surface area contributed by atoms with E-state index in [0.29, 0.717) is 0 Å². The Bertz CT molecular complexity index is 931. The second kappa shape index (κ2) is 8.62. The summed E-state index contributed by atoms with van der Waals surface area (Å²) >= 11 is 0. The minimum Gasteiger partial charge on any atom is -0.544 e. The van der Waals surface area contributed by atoms with Crippen LogP contribution in [0.2, 0.25) is 18.1 Å². The second-order valence-corrected chi connectivity index (χ2v) is 14.4. The van der Waals surface area contributed by atoms with Gasteiger partial charge >= 0.3 is 0 Å². The van der Waals surface area contributed by atoms with Gasteiger partial charge in [-0.1, -0.05) is 93.6 Å². The van der Waals surface area contributed by atoms with Crippen molar-refractivity contribution in [1.29, 1.82) is 0 Å². The first-order chi connectivity index (χ1) is 14.7. The molecule has 1 heterocycles. The smallest absolute Gasteiger partial charge is 0.250 e.